The molecule has 8 heteroatoms. The SMILES string of the molecule is COc1ccc([O-])c(C=NCC(C)(C)CN=Cc2cc(OC)ccc2[O-])c1.O.[Cu+2]. The Labute approximate surface area is 181 Å². The van der Waals surface area contributed by atoms with Crippen LogP contribution in [-0.2, 0) is 17.1 Å². The Bertz CT molecular complexity index is 770. The van der Waals surface area contributed by atoms with Crippen LogP contribution in [0.25, 0.3) is 0 Å². The minimum Gasteiger partial charge on any atom is -0.872 e. The summed E-state index contributed by atoms with van der Waals surface area (Å²) in [7, 11) is 3.11. The molecule has 0 heterocycles. The normalized spacial score (nSPS) is 11.2. The zero-order chi connectivity index (χ0) is 19.9. The summed E-state index contributed by atoms with van der Waals surface area (Å²) in [6.45, 7) is 5.02. The van der Waals surface area contributed by atoms with Gasteiger partial charge in [-0.2, -0.15) is 0 Å². The Morgan fingerprint density at radius 1 is 0.828 bits per heavy atom. The summed E-state index contributed by atoms with van der Waals surface area (Å²) in [6, 6.07) is 9.50. The van der Waals surface area contributed by atoms with Crippen molar-refractivity contribution in [1.29, 1.82) is 0 Å². The molecule has 2 rings (SSSR count). The van der Waals surface area contributed by atoms with Crippen LogP contribution >= 0.6 is 0 Å². The molecule has 7 nitrogen and oxygen atoms in total. The maximum atomic E-state index is 11.8. The summed E-state index contributed by atoms with van der Waals surface area (Å²) < 4.78 is 10.2. The van der Waals surface area contributed by atoms with E-state index in [0.717, 1.165) is 0 Å². The predicted molar refractivity (Wildman–Crippen MR) is 107 cm³/mol. The number of nitrogens with zero attached hydrogens (tertiary/aromatic N) is 2. The number of ether oxygens (including phenoxy) is 2. The maximum absolute atomic E-state index is 11.8. The molecule has 0 fully saturated rings. The van der Waals surface area contributed by atoms with Crippen LogP contribution in [0.15, 0.2) is 46.4 Å². The average Bonchev–Trinajstić information content (AvgIpc) is 2.64. The van der Waals surface area contributed by atoms with Gasteiger partial charge in [-0.3, -0.25) is 9.98 Å². The van der Waals surface area contributed by atoms with Crippen molar-refractivity contribution in [2.45, 2.75) is 13.8 Å². The van der Waals surface area contributed by atoms with Gasteiger partial charge >= 0.3 is 17.1 Å². The molecule has 0 aliphatic rings. The van der Waals surface area contributed by atoms with Gasteiger partial charge in [0.2, 0.25) is 0 Å². The molecule has 2 aromatic carbocycles. The van der Waals surface area contributed by atoms with Gasteiger partial charge in [0.1, 0.15) is 11.5 Å². The maximum Gasteiger partial charge on any atom is 2.00 e. The van der Waals surface area contributed by atoms with E-state index in [1.165, 1.54) is 12.1 Å². The van der Waals surface area contributed by atoms with Gasteiger partial charge in [0, 0.05) is 30.9 Å². The largest absolute Gasteiger partial charge is 2.00 e. The fraction of sp³-hybridized carbons (Fsp3) is 0.333. The molecule has 0 spiro atoms. The first-order chi connectivity index (χ1) is 12.8. The van der Waals surface area contributed by atoms with Gasteiger partial charge in [-0.25, -0.2) is 0 Å². The monoisotopic (exact) mass is 449 g/mol. The molecule has 1 radical (unpaired) electrons. The van der Waals surface area contributed by atoms with Gasteiger partial charge in [0.15, 0.2) is 0 Å². The van der Waals surface area contributed by atoms with Crippen LogP contribution in [0.2, 0.25) is 0 Å². The molecule has 0 bridgehead atoms. The predicted octanol–water partition coefficient (Wildman–Crippen LogP) is 1.59. The molecule has 0 saturated heterocycles. The van der Waals surface area contributed by atoms with Crippen molar-refractivity contribution in [3.8, 4) is 23.0 Å². The van der Waals surface area contributed by atoms with Crippen LogP contribution in [0.1, 0.15) is 25.0 Å². The van der Waals surface area contributed by atoms with E-state index in [0.29, 0.717) is 35.7 Å². The second-order valence-corrected chi connectivity index (χ2v) is 6.91. The van der Waals surface area contributed by atoms with Gasteiger partial charge < -0.3 is 25.2 Å². The second-order valence-electron chi connectivity index (χ2n) is 6.91. The molecule has 2 N–H and O–H groups in total. The molecule has 0 aliphatic carbocycles. The first-order valence-electron chi connectivity index (χ1n) is 8.54. The summed E-state index contributed by atoms with van der Waals surface area (Å²) in [5, 5.41) is 23.7. The number of hydrogen-bond donors (Lipinski definition) is 0. The Morgan fingerprint density at radius 3 is 1.55 bits per heavy atom. The minimum atomic E-state index is -0.225. The van der Waals surface area contributed by atoms with Crippen LogP contribution in [0.3, 0.4) is 0 Å². The van der Waals surface area contributed by atoms with Gasteiger partial charge in [0.25, 0.3) is 0 Å². The van der Waals surface area contributed by atoms with Crippen molar-refractivity contribution in [2.75, 3.05) is 27.3 Å². The van der Waals surface area contributed by atoms with Crippen molar-refractivity contribution >= 4 is 12.4 Å². The van der Waals surface area contributed by atoms with Crippen molar-refractivity contribution in [3.05, 3.63) is 47.5 Å². The number of methoxy groups -OCH3 is 2. The molecular weight excluding hydrogens is 424 g/mol. The smallest absolute Gasteiger partial charge is 0.872 e. The van der Waals surface area contributed by atoms with Crippen LogP contribution in [0.5, 0.6) is 23.0 Å². The molecular formula is C21H26CuN2O5. The van der Waals surface area contributed by atoms with Crippen LogP contribution in [0, 0.1) is 5.41 Å². The van der Waals surface area contributed by atoms with E-state index in [9.17, 15) is 10.2 Å². The molecule has 0 unspecified atom stereocenters. The number of aliphatic imine (C=N–C) groups is 2. The van der Waals surface area contributed by atoms with Gasteiger partial charge in [-0.1, -0.05) is 37.5 Å². The fourth-order valence-electron chi connectivity index (χ4n) is 2.34. The minimum absolute atomic E-state index is 0. The van der Waals surface area contributed by atoms with E-state index in [4.69, 9.17) is 9.47 Å². The molecule has 0 saturated carbocycles. The van der Waals surface area contributed by atoms with Crippen LogP contribution in [0.4, 0.5) is 0 Å². The van der Waals surface area contributed by atoms with Crippen molar-refractivity contribution in [1.82, 2.24) is 0 Å². The van der Waals surface area contributed by atoms with Crippen molar-refractivity contribution in [2.24, 2.45) is 15.4 Å². The molecule has 161 valence electrons. The average molecular weight is 450 g/mol. The van der Waals surface area contributed by atoms with E-state index < -0.39 is 0 Å². The summed E-state index contributed by atoms with van der Waals surface area (Å²) in [4.78, 5) is 8.77. The molecule has 0 amide bonds. The molecule has 0 atom stereocenters. The van der Waals surface area contributed by atoms with E-state index in [2.05, 4.69) is 9.98 Å². The molecule has 29 heavy (non-hydrogen) atoms. The first kappa shape index (κ1) is 26.5. The Balaban J connectivity index is 0.00000392. The van der Waals surface area contributed by atoms with E-state index in [1.807, 2.05) is 13.8 Å². The number of rotatable bonds is 8. The summed E-state index contributed by atoms with van der Waals surface area (Å²) in [6.07, 6.45) is 3.13. The summed E-state index contributed by atoms with van der Waals surface area (Å²) in [5.41, 5.74) is 0.749. The second kappa shape index (κ2) is 12.1. The van der Waals surface area contributed by atoms with Crippen LogP contribution < -0.4 is 19.7 Å². The molecule has 2 aromatic rings. The molecule has 0 aliphatic heterocycles. The van der Waals surface area contributed by atoms with E-state index >= 15 is 0 Å². The fourth-order valence-corrected chi connectivity index (χ4v) is 2.34. The van der Waals surface area contributed by atoms with Crippen molar-refractivity contribution in [3.63, 3.8) is 0 Å². The van der Waals surface area contributed by atoms with Crippen molar-refractivity contribution < 1.29 is 42.2 Å². The molecule has 0 aromatic heterocycles. The number of benzene rings is 2. The van der Waals surface area contributed by atoms with Crippen LogP contribution in [-0.4, -0.2) is 45.2 Å². The Kier molecular flexibility index (Phi) is 11.1. The Hall–Kier alpha value is -2.54. The summed E-state index contributed by atoms with van der Waals surface area (Å²) >= 11 is 0. The third-order valence-corrected chi connectivity index (χ3v) is 3.93. The topological polar surface area (TPSA) is 121 Å². The zero-order valence-electron chi connectivity index (χ0n) is 16.9. The third-order valence-electron chi connectivity index (χ3n) is 3.93. The first-order valence-corrected chi connectivity index (χ1v) is 8.54. The van der Waals surface area contributed by atoms with Gasteiger partial charge in [0.05, 0.1) is 14.2 Å². The quantitative estimate of drug-likeness (QED) is 0.448. The summed E-state index contributed by atoms with van der Waals surface area (Å²) in [5.74, 6) is 1.03. The van der Waals surface area contributed by atoms with E-state index in [1.54, 1.807) is 50.9 Å². The van der Waals surface area contributed by atoms with E-state index in [-0.39, 0.29) is 39.5 Å². The third kappa shape index (κ3) is 8.15. The van der Waals surface area contributed by atoms with Gasteiger partial charge in [-0.15, -0.1) is 0 Å². The Morgan fingerprint density at radius 2 is 1.21 bits per heavy atom. The zero-order valence-corrected chi connectivity index (χ0v) is 17.8. The standard InChI is InChI=1S/C21H26N2O4.Cu.H2O/c1-21(2,13-22-11-15-9-17(26-3)5-7-19(15)24)14-23-12-16-10-18(27-4)6-8-20(16)25;;/h5-12,24-25H,13-14H2,1-4H3;;1H2/q;+2;/p-2. The number of hydrogen-bond acceptors (Lipinski definition) is 6. The van der Waals surface area contributed by atoms with Gasteiger partial charge in [-0.05, 0) is 35.4 Å².